The number of nitrogens with one attached hydrogen (secondary N) is 4. The third-order valence-corrected chi connectivity index (χ3v) is 7.13. The van der Waals surface area contributed by atoms with Gasteiger partial charge in [0, 0.05) is 47.8 Å². The van der Waals surface area contributed by atoms with Crippen molar-refractivity contribution in [2.75, 3.05) is 23.7 Å². The molecule has 1 aromatic carbocycles. The van der Waals surface area contributed by atoms with E-state index < -0.39 is 23.6 Å². The predicted octanol–water partition coefficient (Wildman–Crippen LogP) is 6.97. The first-order chi connectivity index (χ1) is 19.5. The molecule has 0 saturated carbocycles. The van der Waals surface area contributed by atoms with E-state index in [9.17, 15) is 22.8 Å². The third-order valence-electron chi connectivity index (χ3n) is 6.84. The van der Waals surface area contributed by atoms with Crippen molar-refractivity contribution < 1.29 is 17.6 Å². The van der Waals surface area contributed by atoms with Crippen LogP contribution in [0.2, 0.25) is 5.02 Å². The van der Waals surface area contributed by atoms with E-state index in [1.165, 1.54) is 23.5 Å². The topological polar surface area (TPSA) is 101 Å². The number of nitrogens with zero attached hydrogens (tertiary/aromatic N) is 4. The molecule has 1 aliphatic heterocycles. The molecule has 0 bridgehead atoms. The smallest absolute Gasteiger partial charge is 0.383 e. The molecule has 3 heterocycles. The molecule has 0 amide bonds. The Balaban J connectivity index is 1.78. The van der Waals surface area contributed by atoms with Crippen LogP contribution in [0.5, 0.6) is 0 Å². The summed E-state index contributed by atoms with van der Waals surface area (Å²) in [6, 6.07) is 7.73. The number of hydrazine groups is 2. The van der Waals surface area contributed by atoms with Crippen LogP contribution in [0, 0.1) is 35.0 Å². The molecular formula is C29H33ClF4N8. The lowest BCUT2D eigenvalue weighted by Gasteiger charge is -2.31. The number of benzene rings is 1. The van der Waals surface area contributed by atoms with Gasteiger partial charge in [-0.2, -0.15) is 22.8 Å². The zero-order valence-corrected chi connectivity index (χ0v) is 24.9. The molecule has 4 N–H and O–H groups in total. The Morgan fingerprint density at radius 3 is 2.48 bits per heavy atom. The summed E-state index contributed by atoms with van der Waals surface area (Å²) >= 11 is 6.67. The average molecular weight is 605 g/mol. The van der Waals surface area contributed by atoms with Crippen LogP contribution in [0.3, 0.4) is 0 Å². The van der Waals surface area contributed by atoms with E-state index in [1.807, 2.05) is 0 Å². The van der Waals surface area contributed by atoms with Gasteiger partial charge < -0.3 is 16.1 Å². The molecule has 3 aromatic rings. The Hall–Kier alpha value is -3.82. The maximum atomic E-state index is 13.9. The summed E-state index contributed by atoms with van der Waals surface area (Å²) in [7, 11) is 0. The van der Waals surface area contributed by atoms with E-state index >= 15 is 0 Å². The van der Waals surface area contributed by atoms with E-state index in [1.54, 1.807) is 25.1 Å². The summed E-state index contributed by atoms with van der Waals surface area (Å²) < 4.78 is 54.6. The minimum atomic E-state index is -4.42. The van der Waals surface area contributed by atoms with E-state index in [0.717, 1.165) is 13.8 Å². The quantitative estimate of drug-likeness (QED) is 0.162. The van der Waals surface area contributed by atoms with Gasteiger partial charge in [0.2, 0.25) is 5.95 Å². The predicted molar refractivity (Wildman–Crippen MR) is 156 cm³/mol. The zero-order valence-electron chi connectivity index (χ0n) is 24.1. The van der Waals surface area contributed by atoms with Gasteiger partial charge in [0.25, 0.3) is 0 Å². The first-order valence-corrected chi connectivity index (χ1v) is 13.6. The van der Waals surface area contributed by atoms with Gasteiger partial charge in [-0.1, -0.05) is 38.4 Å². The highest BCUT2D eigenvalue weighted by Crippen LogP contribution is 2.39. The number of aryl methyl sites for hydroxylation is 1. The molecule has 1 atom stereocenters. The molecule has 42 heavy (non-hydrogen) atoms. The van der Waals surface area contributed by atoms with Gasteiger partial charge >= 0.3 is 6.18 Å². The lowest BCUT2D eigenvalue weighted by atomic mass is 9.92. The van der Waals surface area contributed by atoms with Crippen LogP contribution in [-0.4, -0.2) is 34.2 Å². The van der Waals surface area contributed by atoms with Crippen molar-refractivity contribution >= 4 is 33.9 Å². The molecule has 13 heteroatoms. The van der Waals surface area contributed by atoms with Crippen molar-refractivity contribution in [3.05, 3.63) is 70.2 Å². The van der Waals surface area contributed by atoms with Gasteiger partial charge in [0.1, 0.15) is 6.07 Å². The molecule has 0 radical (unpaired) electrons. The Kier molecular flexibility index (Phi) is 8.49. The van der Waals surface area contributed by atoms with Crippen LogP contribution in [-0.2, 0) is 0 Å². The summed E-state index contributed by atoms with van der Waals surface area (Å²) in [5.41, 5.74) is 7.03. The molecule has 0 fully saturated rings. The lowest BCUT2D eigenvalue weighted by molar-refractivity contribution is -0.216. The molecular weight excluding hydrogens is 572 g/mol. The molecule has 0 unspecified atom stereocenters. The van der Waals surface area contributed by atoms with Crippen LogP contribution in [0.4, 0.5) is 28.9 Å². The summed E-state index contributed by atoms with van der Waals surface area (Å²) in [5, 5.41) is 18.8. The minimum Gasteiger partial charge on any atom is -0.383 e. The minimum absolute atomic E-state index is 0.0830. The second-order valence-electron chi connectivity index (χ2n) is 12.1. The summed E-state index contributed by atoms with van der Waals surface area (Å²) in [6.45, 7) is 10.3. The fourth-order valence-corrected chi connectivity index (χ4v) is 4.69. The van der Waals surface area contributed by atoms with Crippen molar-refractivity contribution in [1.82, 2.24) is 25.9 Å². The van der Waals surface area contributed by atoms with Crippen LogP contribution < -0.4 is 21.6 Å². The third kappa shape index (κ3) is 6.79. The van der Waals surface area contributed by atoms with Crippen molar-refractivity contribution in [2.24, 2.45) is 10.8 Å². The van der Waals surface area contributed by atoms with Crippen LogP contribution in [0.25, 0.3) is 10.9 Å². The average Bonchev–Trinajstić information content (AvgIpc) is 3.32. The number of rotatable bonds is 8. The van der Waals surface area contributed by atoms with Crippen molar-refractivity contribution in [2.45, 2.75) is 53.8 Å². The number of hydrogen-bond acceptors (Lipinski definition) is 8. The number of fused-ring (bicyclic) bond motifs is 1. The van der Waals surface area contributed by atoms with Crippen LogP contribution in [0.15, 0.2) is 42.4 Å². The molecule has 0 saturated heterocycles. The maximum Gasteiger partial charge on any atom is 0.395 e. The van der Waals surface area contributed by atoms with Gasteiger partial charge in [-0.15, -0.1) is 5.53 Å². The standard InChI is InChI=1S/C29H33ClF4N8/c1-16-19(7-8-23(31)38-16)26(22-13-42(41-40-22)15-28(5,6)29(32,33)34)39-18-9-20-24(37-14-27(2,3)4)17(11-35)12-36-25(20)21(30)10-18/h7-10,12-13,26,39-41H,14-15H2,1-6H3,(H,36,37)/t26-/m0/s1. The van der Waals surface area contributed by atoms with Crippen molar-refractivity contribution in [3.63, 3.8) is 0 Å². The number of halogens is 5. The van der Waals surface area contributed by atoms with Crippen molar-refractivity contribution in [3.8, 4) is 6.07 Å². The molecule has 2 aromatic heterocycles. The largest absolute Gasteiger partial charge is 0.395 e. The maximum absolute atomic E-state index is 13.9. The number of nitriles is 1. The summed E-state index contributed by atoms with van der Waals surface area (Å²) in [5.74, 6) is -0.659. The number of aromatic nitrogens is 2. The molecule has 8 nitrogen and oxygen atoms in total. The molecule has 224 valence electrons. The monoisotopic (exact) mass is 604 g/mol. The Labute approximate surface area is 247 Å². The fourth-order valence-electron chi connectivity index (χ4n) is 4.42. The highest BCUT2D eigenvalue weighted by Gasteiger charge is 2.48. The molecule has 1 aliphatic rings. The van der Waals surface area contributed by atoms with Gasteiger partial charge in [-0.25, -0.2) is 4.98 Å². The van der Waals surface area contributed by atoms with Gasteiger partial charge in [-0.3, -0.25) is 9.99 Å². The highest BCUT2D eigenvalue weighted by atomic mass is 35.5. The van der Waals surface area contributed by atoms with Crippen LogP contribution >= 0.6 is 11.6 Å². The number of pyridine rings is 2. The Morgan fingerprint density at radius 2 is 1.86 bits per heavy atom. The Bertz CT molecular complexity index is 1560. The van der Waals surface area contributed by atoms with Gasteiger partial charge in [-0.05, 0) is 44.4 Å². The normalized spacial score (nSPS) is 14.8. The second-order valence-corrected chi connectivity index (χ2v) is 12.6. The summed E-state index contributed by atoms with van der Waals surface area (Å²) in [6.07, 6.45) is -1.42. The van der Waals surface area contributed by atoms with E-state index in [0.29, 0.717) is 56.4 Å². The van der Waals surface area contributed by atoms with Gasteiger partial charge in [0.05, 0.1) is 38.9 Å². The number of alkyl halides is 3. The van der Waals surface area contributed by atoms with E-state index in [4.69, 9.17) is 11.6 Å². The first-order valence-electron chi connectivity index (χ1n) is 13.2. The lowest BCUT2D eigenvalue weighted by Crippen LogP contribution is -2.47. The molecule has 0 aliphatic carbocycles. The SMILES string of the molecule is Cc1nc(F)ccc1[C@H](Nc1cc(Cl)c2ncc(C#N)c(NCC(C)(C)C)c2c1)C1=CN(CC(C)(C)C(F)(F)F)NN1. The zero-order chi connectivity index (χ0) is 31.0. The number of anilines is 2. The van der Waals surface area contributed by atoms with E-state index in [2.05, 4.69) is 58.4 Å². The van der Waals surface area contributed by atoms with Gasteiger partial charge in [0.15, 0.2) is 0 Å². The fraction of sp³-hybridized carbons (Fsp3) is 0.414. The molecule has 4 rings (SSSR count). The van der Waals surface area contributed by atoms with Crippen molar-refractivity contribution in [1.29, 1.82) is 5.26 Å². The number of hydrogen-bond donors (Lipinski definition) is 4. The van der Waals surface area contributed by atoms with Crippen LogP contribution in [0.1, 0.15) is 57.5 Å². The first kappa shape index (κ1) is 31.1. The highest BCUT2D eigenvalue weighted by molar-refractivity contribution is 6.35. The second kappa shape index (κ2) is 11.5. The molecule has 0 spiro atoms. The summed E-state index contributed by atoms with van der Waals surface area (Å²) in [4.78, 5) is 8.34. The Morgan fingerprint density at radius 1 is 1.14 bits per heavy atom. The van der Waals surface area contributed by atoms with E-state index in [-0.39, 0.29) is 12.0 Å².